The van der Waals surface area contributed by atoms with Crippen LogP contribution in [0.5, 0.6) is 0 Å². The summed E-state index contributed by atoms with van der Waals surface area (Å²) in [5.74, 6) is 1.95. The lowest BCUT2D eigenvalue weighted by Gasteiger charge is -2.33. The molecule has 1 N–H and O–H groups in total. The Morgan fingerprint density at radius 1 is 1.10 bits per heavy atom. The number of nitrogens with one attached hydrogen (secondary N) is 1. The third-order valence-corrected chi connectivity index (χ3v) is 3.79. The molecule has 0 aromatic heterocycles. The van der Waals surface area contributed by atoms with Gasteiger partial charge in [-0.05, 0) is 19.4 Å². The Kier molecular flexibility index (Phi) is 2.49. The van der Waals surface area contributed by atoms with E-state index in [2.05, 4.69) is 33.1 Å². The van der Waals surface area contributed by atoms with Gasteiger partial charge in [0, 0.05) is 18.7 Å². The first-order chi connectivity index (χ1) is 9.81. The fourth-order valence-electron chi connectivity index (χ4n) is 2.62. The first-order valence-electron chi connectivity index (χ1n) is 6.99. The van der Waals surface area contributed by atoms with Crippen LogP contribution in [0.15, 0.2) is 36.4 Å². The molecule has 3 aliphatic heterocycles. The molecule has 0 radical (unpaired) electrons. The Hall–Kier alpha value is -2.36. The summed E-state index contributed by atoms with van der Waals surface area (Å²) in [6.45, 7) is 4.16. The van der Waals surface area contributed by atoms with E-state index < -0.39 is 0 Å². The molecular weight excluding hydrogens is 248 g/mol. The van der Waals surface area contributed by atoms with Crippen LogP contribution in [0.25, 0.3) is 22.6 Å². The molecule has 0 bridgehead atoms. The highest BCUT2D eigenvalue weighted by atomic mass is 15.2. The lowest BCUT2D eigenvalue weighted by molar-refractivity contribution is 0.607. The number of hydrogen-bond donors (Lipinski definition) is 1. The Bertz CT molecular complexity index is 713. The van der Waals surface area contributed by atoms with Gasteiger partial charge in [0.25, 0.3) is 0 Å². The van der Waals surface area contributed by atoms with Gasteiger partial charge in [0.1, 0.15) is 11.5 Å². The van der Waals surface area contributed by atoms with Crippen molar-refractivity contribution in [2.45, 2.75) is 13.3 Å². The number of rotatable bonds is 2. The quantitative estimate of drug-likeness (QED) is 0.773. The largest absolute Gasteiger partial charge is 0.355 e. The summed E-state index contributed by atoms with van der Waals surface area (Å²) in [4.78, 5) is 15.0. The van der Waals surface area contributed by atoms with Gasteiger partial charge in [-0.15, -0.1) is 0 Å². The number of aromatic nitrogens is 3. The van der Waals surface area contributed by atoms with Crippen LogP contribution in [0.4, 0.5) is 5.82 Å². The Labute approximate surface area is 117 Å². The molecule has 1 aromatic rings. The molecule has 100 valence electrons. The van der Waals surface area contributed by atoms with Gasteiger partial charge < -0.3 is 9.88 Å². The normalized spacial score (nSPS) is 14.6. The van der Waals surface area contributed by atoms with Crippen molar-refractivity contribution in [1.29, 1.82) is 0 Å². The van der Waals surface area contributed by atoms with E-state index in [0.717, 1.165) is 47.4 Å². The molecule has 0 aliphatic carbocycles. The average molecular weight is 264 g/mol. The molecular formula is C16H16N4. The number of H-pyrrole nitrogens is 1. The molecule has 0 amide bonds. The number of anilines is 1. The molecule has 4 rings (SSSR count). The van der Waals surface area contributed by atoms with Gasteiger partial charge in [-0.1, -0.05) is 30.3 Å². The number of benzene rings is 1. The minimum Gasteiger partial charge on any atom is -0.355 e. The summed E-state index contributed by atoms with van der Waals surface area (Å²) >= 11 is 0. The van der Waals surface area contributed by atoms with Crippen molar-refractivity contribution in [3.8, 4) is 22.6 Å². The summed E-state index contributed by atoms with van der Waals surface area (Å²) in [5.41, 5.74) is 4.20. The summed E-state index contributed by atoms with van der Waals surface area (Å²) in [7, 11) is 0. The predicted molar refractivity (Wildman–Crippen MR) is 80.0 cm³/mol. The van der Waals surface area contributed by atoms with Gasteiger partial charge in [0.15, 0.2) is 5.82 Å². The number of aromatic amines is 1. The van der Waals surface area contributed by atoms with Crippen molar-refractivity contribution >= 4 is 5.82 Å². The van der Waals surface area contributed by atoms with Gasteiger partial charge in [-0.2, -0.15) is 0 Å². The van der Waals surface area contributed by atoms with Crippen LogP contribution in [-0.4, -0.2) is 28.0 Å². The minimum atomic E-state index is 0.936. The van der Waals surface area contributed by atoms with E-state index in [1.54, 1.807) is 0 Å². The maximum absolute atomic E-state index is 4.79. The molecule has 0 atom stereocenters. The molecule has 0 saturated carbocycles. The van der Waals surface area contributed by atoms with Crippen LogP contribution in [0.1, 0.15) is 12.2 Å². The van der Waals surface area contributed by atoms with E-state index in [4.69, 9.17) is 4.98 Å². The molecule has 4 heteroatoms. The number of aryl methyl sites for hydroxylation is 1. The molecule has 0 unspecified atom stereocenters. The fraction of sp³-hybridized carbons (Fsp3) is 0.250. The summed E-state index contributed by atoms with van der Waals surface area (Å²) < 4.78 is 0. The molecule has 3 heterocycles. The van der Waals surface area contributed by atoms with Crippen LogP contribution < -0.4 is 4.90 Å². The van der Waals surface area contributed by atoms with Crippen LogP contribution in [0, 0.1) is 6.92 Å². The van der Waals surface area contributed by atoms with E-state index in [9.17, 15) is 0 Å². The van der Waals surface area contributed by atoms with E-state index >= 15 is 0 Å². The maximum Gasteiger partial charge on any atom is 0.158 e. The molecule has 20 heavy (non-hydrogen) atoms. The average Bonchev–Trinajstić information content (AvgIpc) is 2.81. The Balaban J connectivity index is 1.88. The van der Waals surface area contributed by atoms with Gasteiger partial charge in [0.05, 0.1) is 11.4 Å². The van der Waals surface area contributed by atoms with Crippen molar-refractivity contribution in [3.05, 3.63) is 42.2 Å². The topological polar surface area (TPSA) is 44.8 Å². The first-order valence-corrected chi connectivity index (χ1v) is 6.99. The first kappa shape index (κ1) is 11.5. The van der Waals surface area contributed by atoms with E-state index in [-0.39, 0.29) is 0 Å². The Morgan fingerprint density at radius 2 is 1.90 bits per heavy atom. The maximum atomic E-state index is 4.79. The monoisotopic (exact) mass is 264 g/mol. The summed E-state index contributed by atoms with van der Waals surface area (Å²) in [5, 5.41) is 0. The van der Waals surface area contributed by atoms with Gasteiger partial charge in [-0.3, -0.25) is 0 Å². The molecule has 0 spiro atoms. The standard InChI is InChI=1S/C16H16N4/c1-11-17-14-10-13(12-6-3-2-4-7-12)19-15(14)16(18-11)20-8-5-9-20/h2-4,6-7,10H,5,8-9H2,1H3,(H,17,18). The second kappa shape index (κ2) is 4.34. The number of fused-ring (bicyclic) bond motifs is 1. The van der Waals surface area contributed by atoms with Crippen LogP contribution in [0.2, 0.25) is 0 Å². The SMILES string of the molecule is Cc1nc(N2CCC2)c2nc(-c3ccccc3)cc-2[nH]1. The molecule has 1 aromatic carbocycles. The van der Waals surface area contributed by atoms with Gasteiger partial charge in [-0.25, -0.2) is 9.97 Å². The van der Waals surface area contributed by atoms with E-state index in [1.807, 2.05) is 25.1 Å². The predicted octanol–water partition coefficient (Wildman–Crippen LogP) is 3.10. The van der Waals surface area contributed by atoms with Gasteiger partial charge in [0.2, 0.25) is 0 Å². The lowest BCUT2D eigenvalue weighted by atomic mass is 10.1. The third-order valence-electron chi connectivity index (χ3n) is 3.79. The zero-order chi connectivity index (χ0) is 13.5. The van der Waals surface area contributed by atoms with Crippen molar-refractivity contribution in [3.63, 3.8) is 0 Å². The molecule has 4 nitrogen and oxygen atoms in total. The highest BCUT2D eigenvalue weighted by molar-refractivity contribution is 5.78. The summed E-state index contributed by atoms with van der Waals surface area (Å²) in [6, 6.07) is 12.4. The van der Waals surface area contributed by atoms with E-state index in [1.165, 1.54) is 6.42 Å². The smallest absolute Gasteiger partial charge is 0.158 e. The number of hydrogen-bond acceptors (Lipinski definition) is 3. The van der Waals surface area contributed by atoms with Crippen molar-refractivity contribution in [2.75, 3.05) is 18.0 Å². The van der Waals surface area contributed by atoms with Crippen molar-refractivity contribution < 1.29 is 0 Å². The molecule has 1 fully saturated rings. The molecule has 1 saturated heterocycles. The third kappa shape index (κ3) is 1.76. The Morgan fingerprint density at radius 3 is 2.60 bits per heavy atom. The highest BCUT2D eigenvalue weighted by Gasteiger charge is 2.24. The minimum absolute atomic E-state index is 0.936. The highest BCUT2D eigenvalue weighted by Crippen LogP contribution is 2.34. The second-order valence-electron chi connectivity index (χ2n) is 5.26. The molecule has 3 aliphatic rings. The van der Waals surface area contributed by atoms with Crippen LogP contribution in [0.3, 0.4) is 0 Å². The lowest BCUT2D eigenvalue weighted by Crippen LogP contribution is -2.38. The van der Waals surface area contributed by atoms with Crippen molar-refractivity contribution in [2.24, 2.45) is 0 Å². The zero-order valence-corrected chi connectivity index (χ0v) is 11.4. The van der Waals surface area contributed by atoms with Gasteiger partial charge >= 0.3 is 0 Å². The van der Waals surface area contributed by atoms with Crippen LogP contribution >= 0.6 is 0 Å². The van der Waals surface area contributed by atoms with Crippen molar-refractivity contribution in [1.82, 2.24) is 15.0 Å². The summed E-state index contributed by atoms with van der Waals surface area (Å²) in [6.07, 6.45) is 1.24. The second-order valence-corrected chi connectivity index (χ2v) is 5.26. The van der Waals surface area contributed by atoms with Crippen LogP contribution in [-0.2, 0) is 0 Å². The zero-order valence-electron chi connectivity index (χ0n) is 11.4. The number of nitrogens with zero attached hydrogens (tertiary/aromatic N) is 3. The fourth-order valence-corrected chi connectivity index (χ4v) is 2.62. The van der Waals surface area contributed by atoms with E-state index in [0.29, 0.717) is 0 Å².